The molecule has 0 saturated carbocycles. The molecule has 2 heterocycles. The van der Waals surface area contributed by atoms with Crippen LogP contribution in [-0.2, 0) is 18.4 Å². The largest absolute Gasteiger partial charge is 0.483 e. The SMILES string of the molecule is Cn1cc(OCc2ccc(Cl)cc2Cl)c(=O)cc1C(=O)N1CCOCC1. The molecule has 0 spiro atoms. The van der Waals surface area contributed by atoms with Crippen LogP contribution in [0.15, 0.2) is 35.3 Å². The van der Waals surface area contributed by atoms with Gasteiger partial charge in [-0.2, -0.15) is 0 Å². The zero-order valence-electron chi connectivity index (χ0n) is 14.2. The minimum atomic E-state index is -0.357. The minimum absolute atomic E-state index is 0.127. The number of hydrogen-bond acceptors (Lipinski definition) is 4. The van der Waals surface area contributed by atoms with Gasteiger partial charge in [0.25, 0.3) is 5.91 Å². The van der Waals surface area contributed by atoms with Gasteiger partial charge in [0.05, 0.1) is 19.4 Å². The molecule has 1 aliphatic heterocycles. The Bertz CT molecular complexity index is 876. The summed E-state index contributed by atoms with van der Waals surface area (Å²) in [4.78, 5) is 26.6. The third-order valence-corrected chi connectivity index (χ3v) is 4.70. The zero-order chi connectivity index (χ0) is 18.7. The van der Waals surface area contributed by atoms with E-state index in [0.29, 0.717) is 47.6 Å². The third-order valence-electron chi connectivity index (χ3n) is 4.12. The standard InChI is InChI=1S/C18H18Cl2N2O4/c1-21-10-17(26-11-12-2-3-13(19)8-14(12)20)16(23)9-15(21)18(24)22-4-6-25-7-5-22/h2-3,8-10H,4-7,11H2,1H3. The van der Waals surface area contributed by atoms with Gasteiger partial charge in [0.2, 0.25) is 5.43 Å². The van der Waals surface area contributed by atoms with E-state index in [9.17, 15) is 9.59 Å². The maximum atomic E-state index is 12.6. The molecule has 1 amide bonds. The zero-order valence-corrected chi connectivity index (χ0v) is 15.7. The van der Waals surface area contributed by atoms with Crippen molar-refractivity contribution < 1.29 is 14.3 Å². The van der Waals surface area contributed by atoms with Crippen LogP contribution < -0.4 is 10.2 Å². The normalized spacial score (nSPS) is 14.3. The highest BCUT2D eigenvalue weighted by molar-refractivity contribution is 6.35. The molecule has 0 N–H and O–H groups in total. The predicted molar refractivity (Wildman–Crippen MR) is 99.2 cm³/mol. The molecule has 0 aliphatic carbocycles. The van der Waals surface area contributed by atoms with E-state index < -0.39 is 0 Å². The Hall–Kier alpha value is -2.02. The van der Waals surface area contributed by atoms with E-state index in [1.165, 1.54) is 12.3 Å². The van der Waals surface area contributed by atoms with Crippen LogP contribution in [0.3, 0.4) is 0 Å². The van der Waals surface area contributed by atoms with Crippen molar-refractivity contribution in [3.8, 4) is 5.75 Å². The Labute approximate surface area is 160 Å². The van der Waals surface area contributed by atoms with Crippen LogP contribution in [0.5, 0.6) is 5.75 Å². The molecule has 0 atom stereocenters. The van der Waals surface area contributed by atoms with E-state index in [-0.39, 0.29) is 23.7 Å². The van der Waals surface area contributed by atoms with Gasteiger partial charge in [-0.15, -0.1) is 0 Å². The van der Waals surface area contributed by atoms with Crippen LogP contribution in [0.2, 0.25) is 10.0 Å². The van der Waals surface area contributed by atoms with Crippen LogP contribution in [0.25, 0.3) is 0 Å². The fourth-order valence-electron chi connectivity index (χ4n) is 2.65. The second-order valence-corrected chi connectivity index (χ2v) is 6.77. The maximum Gasteiger partial charge on any atom is 0.270 e. The third kappa shape index (κ3) is 4.20. The molecule has 2 aromatic rings. The molecule has 26 heavy (non-hydrogen) atoms. The van der Waals surface area contributed by atoms with Crippen molar-refractivity contribution in [1.82, 2.24) is 9.47 Å². The lowest BCUT2D eigenvalue weighted by Crippen LogP contribution is -2.42. The number of pyridine rings is 1. The van der Waals surface area contributed by atoms with Crippen LogP contribution in [0.1, 0.15) is 16.1 Å². The summed E-state index contributed by atoms with van der Waals surface area (Å²) in [5.41, 5.74) is 0.671. The Balaban J connectivity index is 1.76. The lowest BCUT2D eigenvalue weighted by Gasteiger charge is -2.27. The summed E-state index contributed by atoms with van der Waals surface area (Å²) in [6, 6.07) is 6.36. The summed E-state index contributed by atoms with van der Waals surface area (Å²) in [5, 5.41) is 0.995. The van der Waals surface area contributed by atoms with Gasteiger partial charge in [-0.05, 0) is 12.1 Å². The Morgan fingerprint density at radius 2 is 1.96 bits per heavy atom. The fraction of sp³-hybridized carbons (Fsp3) is 0.333. The highest BCUT2D eigenvalue weighted by Gasteiger charge is 2.21. The van der Waals surface area contributed by atoms with Gasteiger partial charge in [-0.1, -0.05) is 29.3 Å². The average molecular weight is 397 g/mol. The van der Waals surface area contributed by atoms with Gasteiger partial charge >= 0.3 is 0 Å². The first kappa shape index (κ1) is 18.8. The number of carbonyl (C=O) groups is 1. The number of aryl methyl sites for hydroxylation is 1. The first-order valence-electron chi connectivity index (χ1n) is 8.10. The highest BCUT2D eigenvalue weighted by atomic mass is 35.5. The molecule has 138 valence electrons. The Kier molecular flexibility index (Phi) is 5.86. The Morgan fingerprint density at radius 1 is 1.23 bits per heavy atom. The summed E-state index contributed by atoms with van der Waals surface area (Å²) in [6.07, 6.45) is 1.51. The van der Waals surface area contributed by atoms with Gasteiger partial charge in [-0.3, -0.25) is 9.59 Å². The van der Waals surface area contributed by atoms with Crippen molar-refractivity contribution in [2.45, 2.75) is 6.61 Å². The van der Waals surface area contributed by atoms with Crippen LogP contribution in [0, 0.1) is 0 Å². The van der Waals surface area contributed by atoms with Gasteiger partial charge < -0.3 is 18.9 Å². The molecule has 1 aliphatic rings. The Morgan fingerprint density at radius 3 is 2.65 bits per heavy atom. The molecule has 1 fully saturated rings. The van der Waals surface area contributed by atoms with Gasteiger partial charge in [-0.25, -0.2) is 0 Å². The summed E-state index contributed by atoms with van der Waals surface area (Å²) in [5.74, 6) is -0.0442. The lowest BCUT2D eigenvalue weighted by atomic mass is 10.2. The monoisotopic (exact) mass is 396 g/mol. The topological polar surface area (TPSA) is 60.8 Å². The molecule has 0 unspecified atom stereocenters. The number of ether oxygens (including phenoxy) is 2. The van der Waals surface area contributed by atoms with Gasteiger partial charge in [0.15, 0.2) is 5.75 Å². The summed E-state index contributed by atoms with van der Waals surface area (Å²) in [7, 11) is 1.70. The number of morpholine rings is 1. The van der Waals surface area contributed by atoms with E-state index in [1.54, 1.807) is 34.7 Å². The van der Waals surface area contributed by atoms with Crippen molar-refractivity contribution in [1.29, 1.82) is 0 Å². The van der Waals surface area contributed by atoms with Crippen molar-refractivity contribution in [2.75, 3.05) is 26.3 Å². The van der Waals surface area contributed by atoms with E-state index in [0.717, 1.165) is 0 Å². The van der Waals surface area contributed by atoms with Crippen molar-refractivity contribution in [2.24, 2.45) is 7.05 Å². The fourth-order valence-corrected chi connectivity index (χ4v) is 3.11. The maximum absolute atomic E-state index is 12.6. The number of carbonyl (C=O) groups excluding carboxylic acids is 1. The molecule has 8 heteroatoms. The first-order chi connectivity index (χ1) is 12.5. The van der Waals surface area contributed by atoms with Crippen LogP contribution in [-0.4, -0.2) is 41.7 Å². The van der Waals surface area contributed by atoms with Crippen molar-refractivity contribution in [3.05, 3.63) is 62.0 Å². The van der Waals surface area contributed by atoms with E-state index in [4.69, 9.17) is 32.7 Å². The number of hydrogen-bond donors (Lipinski definition) is 0. The molecule has 1 aromatic carbocycles. The number of rotatable bonds is 4. The second kappa shape index (κ2) is 8.12. The number of aromatic nitrogens is 1. The lowest BCUT2D eigenvalue weighted by molar-refractivity contribution is 0.0296. The first-order valence-corrected chi connectivity index (χ1v) is 8.85. The van der Waals surface area contributed by atoms with Crippen molar-refractivity contribution >= 4 is 29.1 Å². The summed E-state index contributed by atoms with van der Waals surface area (Å²) < 4.78 is 12.4. The number of halogens is 2. The summed E-state index contributed by atoms with van der Waals surface area (Å²) in [6.45, 7) is 2.16. The average Bonchev–Trinajstić information content (AvgIpc) is 2.63. The van der Waals surface area contributed by atoms with Crippen molar-refractivity contribution in [3.63, 3.8) is 0 Å². The number of amides is 1. The van der Waals surface area contributed by atoms with Crippen LogP contribution >= 0.6 is 23.2 Å². The smallest absolute Gasteiger partial charge is 0.270 e. The second-order valence-electron chi connectivity index (χ2n) is 5.93. The summed E-state index contributed by atoms with van der Waals surface area (Å²) >= 11 is 12.0. The quantitative estimate of drug-likeness (QED) is 0.796. The molecular formula is C18H18Cl2N2O4. The molecule has 3 rings (SSSR count). The molecule has 0 radical (unpaired) electrons. The van der Waals surface area contributed by atoms with E-state index in [1.807, 2.05) is 0 Å². The highest BCUT2D eigenvalue weighted by Crippen LogP contribution is 2.22. The van der Waals surface area contributed by atoms with Crippen LogP contribution in [0.4, 0.5) is 0 Å². The number of benzene rings is 1. The minimum Gasteiger partial charge on any atom is -0.483 e. The van der Waals surface area contributed by atoms with Gasteiger partial charge in [0.1, 0.15) is 12.3 Å². The van der Waals surface area contributed by atoms with E-state index in [2.05, 4.69) is 0 Å². The molecule has 1 saturated heterocycles. The molecule has 6 nitrogen and oxygen atoms in total. The predicted octanol–water partition coefficient (Wildman–Crippen LogP) is 2.74. The van der Waals surface area contributed by atoms with E-state index >= 15 is 0 Å². The number of nitrogens with zero attached hydrogens (tertiary/aromatic N) is 2. The van der Waals surface area contributed by atoms with Gasteiger partial charge in [0, 0.05) is 41.8 Å². The molecule has 0 bridgehead atoms. The molecule has 1 aromatic heterocycles. The molecular weight excluding hydrogens is 379 g/mol.